The van der Waals surface area contributed by atoms with Gasteiger partial charge < -0.3 is 10.4 Å². The number of rotatable bonds is 3. The molecular weight excluding hydrogens is 194 g/mol. The third-order valence-corrected chi connectivity index (χ3v) is 2.60. The van der Waals surface area contributed by atoms with Crippen molar-refractivity contribution < 1.29 is 9.90 Å². The number of fused-ring (bicyclic) bond motifs is 1. The number of nitrogens with zero attached hydrogens (tertiary/aromatic N) is 2. The minimum Gasteiger partial charge on any atom is -0.481 e. The quantitative estimate of drug-likeness (QED) is 0.768. The van der Waals surface area contributed by atoms with Crippen molar-refractivity contribution in [1.82, 2.24) is 15.1 Å². The van der Waals surface area contributed by atoms with Gasteiger partial charge in [-0.2, -0.15) is 5.10 Å². The van der Waals surface area contributed by atoms with Crippen molar-refractivity contribution in [2.45, 2.75) is 39.4 Å². The fraction of sp³-hybridized carbons (Fsp3) is 0.600. The number of carboxylic acid groups (broad SMARTS) is 1. The van der Waals surface area contributed by atoms with Gasteiger partial charge >= 0.3 is 5.97 Å². The fourth-order valence-electron chi connectivity index (χ4n) is 1.97. The third kappa shape index (κ3) is 1.74. The van der Waals surface area contributed by atoms with Crippen LogP contribution in [0.2, 0.25) is 0 Å². The summed E-state index contributed by atoms with van der Waals surface area (Å²) >= 11 is 0. The van der Waals surface area contributed by atoms with E-state index in [2.05, 4.69) is 24.3 Å². The highest BCUT2D eigenvalue weighted by Gasteiger charge is 2.23. The number of aromatic nitrogens is 2. The van der Waals surface area contributed by atoms with Crippen LogP contribution in [0.15, 0.2) is 0 Å². The number of nitrogens with one attached hydrogen (secondary N) is 1. The maximum absolute atomic E-state index is 10.7. The molecule has 82 valence electrons. The third-order valence-electron chi connectivity index (χ3n) is 2.60. The van der Waals surface area contributed by atoms with E-state index in [1.54, 1.807) is 0 Å². The second-order valence-electron chi connectivity index (χ2n) is 4.08. The van der Waals surface area contributed by atoms with Gasteiger partial charge in [0.05, 0.1) is 17.8 Å². The van der Waals surface area contributed by atoms with Gasteiger partial charge in [0.15, 0.2) is 0 Å². The Balaban J connectivity index is 2.40. The highest BCUT2D eigenvalue weighted by molar-refractivity contribution is 5.70. The SMILES string of the molecule is CC(C)n1nc(CC(=O)O)c2c1CNC2. The van der Waals surface area contributed by atoms with Crippen molar-refractivity contribution in [3.05, 3.63) is 17.0 Å². The first-order chi connectivity index (χ1) is 7.09. The van der Waals surface area contributed by atoms with Gasteiger partial charge in [0, 0.05) is 24.7 Å². The molecule has 1 aliphatic heterocycles. The molecule has 0 radical (unpaired) electrons. The summed E-state index contributed by atoms with van der Waals surface area (Å²) in [7, 11) is 0. The number of hydrogen-bond donors (Lipinski definition) is 2. The first-order valence-electron chi connectivity index (χ1n) is 5.11. The smallest absolute Gasteiger partial charge is 0.309 e. The van der Waals surface area contributed by atoms with E-state index in [-0.39, 0.29) is 12.5 Å². The van der Waals surface area contributed by atoms with E-state index in [1.165, 1.54) is 0 Å². The summed E-state index contributed by atoms with van der Waals surface area (Å²) in [6.45, 7) is 5.64. The van der Waals surface area contributed by atoms with Crippen LogP contribution in [-0.4, -0.2) is 20.9 Å². The lowest BCUT2D eigenvalue weighted by Crippen LogP contribution is -2.12. The molecule has 0 aromatic carbocycles. The molecule has 1 aromatic rings. The van der Waals surface area contributed by atoms with Crippen LogP contribution in [-0.2, 0) is 24.3 Å². The molecule has 0 saturated carbocycles. The average Bonchev–Trinajstić information content (AvgIpc) is 2.66. The zero-order chi connectivity index (χ0) is 11.0. The number of carbonyl (C=O) groups is 1. The number of carboxylic acids is 1. The van der Waals surface area contributed by atoms with Gasteiger partial charge in [0.25, 0.3) is 0 Å². The van der Waals surface area contributed by atoms with Crippen LogP contribution in [0.25, 0.3) is 0 Å². The lowest BCUT2D eigenvalue weighted by Gasteiger charge is -2.08. The molecule has 0 unspecified atom stereocenters. The first-order valence-corrected chi connectivity index (χ1v) is 5.11. The van der Waals surface area contributed by atoms with E-state index in [1.807, 2.05) is 4.68 Å². The lowest BCUT2D eigenvalue weighted by atomic mass is 10.1. The second-order valence-corrected chi connectivity index (χ2v) is 4.08. The summed E-state index contributed by atoms with van der Waals surface area (Å²) in [4.78, 5) is 10.7. The van der Waals surface area contributed by atoms with Crippen molar-refractivity contribution in [2.24, 2.45) is 0 Å². The topological polar surface area (TPSA) is 67.2 Å². The molecular formula is C10H15N3O2. The summed E-state index contributed by atoms with van der Waals surface area (Å²) in [6.07, 6.45) is 0.0176. The molecule has 0 amide bonds. The molecule has 0 aliphatic carbocycles. The Labute approximate surface area is 88.1 Å². The molecule has 0 saturated heterocycles. The Kier molecular flexibility index (Phi) is 2.48. The average molecular weight is 209 g/mol. The molecule has 0 spiro atoms. The van der Waals surface area contributed by atoms with Crippen molar-refractivity contribution in [3.63, 3.8) is 0 Å². The van der Waals surface area contributed by atoms with Gasteiger partial charge in [0.1, 0.15) is 0 Å². The van der Waals surface area contributed by atoms with E-state index in [4.69, 9.17) is 5.11 Å². The number of hydrogen-bond acceptors (Lipinski definition) is 3. The van der Waals surface area contributed by atoms with Crippen LogP contribution < -0.4 is 5.32 Å². The van der Waals surface area contributed by atoms with Gasteiger partial charge in [-0.15, -0.1) is 0 Å². The molecule has 2 N–H and O–H groups in total. The summed E-state index contributed by atoms with van der Waals surface area (Å²) in [5, 5.41) is 16.4. The van der Waals surface area contributed by atoms with E-state index >= 15 is 0 Å². The van der Waals surface area contributed by atoms with Crippen LogP contribution in [0, 0.1) is 0 Å². The molecule has 0 bridgehead atoms. The zero-order valence-electron chi connectivity index (χ0n) is 8.95. The van der Waals surface area contributed by atoms with Gasteiger partial charge in [-0.25, -0.2) is 0 Å². The fourth-order valence-corrected chi connectivity index (χ4v) is 1.97. The van der Waals surface area contributed by atoms with Gasteiger partial charge in [-0.3, -0.25) is 9.48 Å². The molecule has 1 aliphatic rings. The summed E-state index contributed by atoms with van der Waals surface area (Å²) < 4.78 is 1.92. The highest BCUT2D eigenvalue weighted by atomic mass is 16.4. The Morgan fingerprint density at radius 3 is 2.93 bits per heavy atom. The van der Waals surface area contributed by atoms with Crippen LogP contribution in [0.5, 0.6) is 0 Å². The molecule has 5 heteroatoms. The molecule has 0 atom stereocenters. The molecule has 15 heavy (non-hydrogen) atoms. The Bertz CT molecular complexity index is 396. The molecule has 1 aromatic heterocycles. The van der Waals surface area contributed by atoms with E-state index < -0.39 is 5.97 Å². The van der Waals surface area contributed by atoms with Crippen molar-refractivity contribution in [3.8, 4) is 0 Å². The van der Waals surface area contributed by atoms with Crippen molar-refractivity contribution in [1.29, 1.82) is 0 Å². The minimum absolute atomic E-state index is 0.0176. The Morgan fingerprint density at radius 1 is 1.60 bits per heavy atom. The van der Waals surface area contributed by atoms with Gasteiger partial charge in [-0.05, 0) is 13.8 Å². The minimum atomic E-state index is -0.821. The summed E-state index contributed by atoms with van der Waals surface area (Å²) in [5.74, 6) is -0.821. The van der Waals surface area contributed by atoms with Crippen molar-refractivity contribution in [2.75, 3.05) is 0 Å². The Morgan fingerprint density at radius 2 is 2.33 bits per heavy atom. The lowest BCUT2D eigenvalue weighted by molar-refractivity contribution is -0.136. The molecule has 2 heterocycles. The van der Waals surface area contributed by atoms with E-state index in [0.717, 1.165) is 24.3 Å². The van der Waals surface area contributed by atoms with Crippen LogP contribution >= 0.6 is 0 Å². The predicted octanol–water partition coefficient (Wildman–Crippen LogP) is 0.694. The van der Waals surface area contributed by atoms with E-state index in [0.29, 0.717) is 5.69 Å². The zero-order valence-corrected chi connectivity index (χ0v) is 8.95. The highest BCUT2D eigenvalue weighted by Crippen LogP contribution is 2.23. The largest absolute Gasteiger partial charge is 0.481 e. The maximum Gasteiger partial charge on any atom is 0.309 e. The van der Waals surface area contributed by atoms with E-state index in [9.17, 15) is 4.79 Å². The normalized spacial score (nSPS) is 14.6. The van der Waals surface area contributed by atoms with Crippen molar-refractivity contribution >= 4 is 5.97 Å². The summed E-state index contributed by atoms with van der Waals surface area (Å²) in [5.41, 5.74) is 2.92. The number of aliphatic carboxylic acids is 1. The van der Waals surface area contributed by atoms with Gasteiger partial charge in [0.2, 0.25) is 0 Å². The first kappa shape index (κ1) is 10.2. The molecule has 0 fully saturated rings. The predicted molar refractivity (Wildman–Crippen MR) is 54.5 cm³/mol. The van der Waals surface area contributed by atoms with Crippen LogP contribution in [0.3, 0.4) is 0 Å². The standard InChI is InChI=1S/C10H15N3O2/c1-6(2)13-9-5-11-4-7(9)8(12-13)3-10(14)15/h6,11H,3-5H2,1-2H3,(H,14,15). The second kappa shape index (κ2) is 3.66. The van der Waals surface area contributed by atoms with Gasteiger partial charge in [-0.1, -0.05) is 0 Å². The summed E-state index contributed by atoms with van der Waals surface area (Å²) in [6, 6.07) is 0.279. The Hall–Kier alpha value is -1.36. The van der Waals surface area contributed by atoms with Crippen LogP contribution in [0.4, 0.5) is 0 Å². The maximum atomic E-state index is 10.7. The van der Waals surface area contributed by atoms with Crippen LogP contribution in [0.1, 0.15) is 36.8 Å². The monoisotopic (exact) mass is 209 g/mol. The molecule has 5 nitrogen and oxygen atoms in total. The molecule has 2 rings (SSSR count).